The lowest BCUT2D eigenvalue weighted by Crippen LogP contribution is -2.12. The molecule has 0 atom stereocenters. The van der Waals surface area contributed by atoms with Crippen LogP contribution in [0.3, 0.4) is 0 Å². The Kier molecular flexibility index (Phi) is 4.08. The van der Waals surface area contributed by atoms with Gasteiger partial charge in [-0.05, 0) is 49.4 Å². The molecule has 2 aromatic carbocycles. The van der Waals surface area contributed by atoms with Crippen molar-refractivity contribution in [3.05, 3.63) is 77.6 Å². The van der Waals surface area contributed by atoms with Crippen molar-refractivity contribution >= 4 is 17.2 Å². The first-order valence-electron chi connectivity index (χ1n) is 8.07. The Hall–Kier alpha value is -3.68. The molecular weight excluding hydrogens is 352 g/mol. The van der Waals surface area contributed by atoms with Crippen LogP contribution in [-0.4, -0.2) is 25.7 Å². The highest BCUT2D eigenvalue weighted by molar-refractivity contribution is 6.04. The number of nitrogens with one attached hydrogen (secondary N) is 1. The number of rotatable bonds is 3. The van der Waals surface area contributed by atoms with Gasteiger partial charge in [0.05, 0.1) is 5.69 Å². The quantitative estimate of drug-likeness (QED) is 0.602. The molecule has 1 N–H and O–H groups in total. The Labute approximate surface area is 152 Å². The number of carbonyl (C=O) groups is 1. The summed E-state index contributed by atoms with van der Waals surface area (Å²) in [6.07, 6.45) is 0. The number of aromatic nitrogens is 4. The Morgan fingerprint density at radius 3 is 2.67 bits per heavy atom. The summed E-state index contributed by atoms with van der Waals surface area (Å²) in [5.74, 6) is -1.95. The largest absolute Gasteiger partial charge is 0.322 e. The average molecular weight is 365 g/mol. The second-order valence-electron chi connectivity index (χ2n) is 5.90. The van der Waals surface area contributed by atoms with Crippen LogP contribution in [0.2, 0.25) is 0 Å². The molecule has 0 aliphatic rings. The molecule has 8 heteroatoms. The van der Waals surface area contributed by atoms with Gasteiger partial charge in [0.25, 0.3) is 5.91 Å². The number of carbonyl (C=O) groups excluding carboxylic acids is 1. The fraction of sp³-hybridized carbons (Fsp3) is 0.0526. The highest BCUT2D eigenvalue weighted by atomic mass is 19.2. The van der Waals surface area contributed by atoms with Gasteiger partial charge in [-0.15, -0.1) is 10.2 Å². The topological polar surface area (TPSA) is 72.2 Å². The third-order valence-electron chi connectivity index (χ3n) is 4.02. The van der Waals surface area contributed by atoms with Crippen molar-refractivity contribution in [3.8, 4) is 11.3 Å². The molecule has 0 saturated carbocycles. The summed E-state index contributed by atoms with van der Waals surface area (Å²) in [6, 6.07) is 13.7. The lowest BCUT2D eigenvalue weighted by molar-refractivity contribution is 0.102. The van der Waals surface area contributed by atoms with E-state index in [0.29, 0.717) is 22.9 Å². The number of anilines is 1. The first-order chi connectivity index (χ1) is 13.0. The van der Waals surface area contributed by atoms with Crippen molar-refractivity contribution in [3.63, 3.8) is 0 Å². The molecule has 4 aromatic rings. The zero-order valence-electron chi connectivity index (χ0n) is 14.1. The van der Waals surface area contributed by atoms with Gasteiger partial charge < -0.3 is 5.32 Å². The van der Waals surface area contributed by atoms with Crippen molar-refractivity contribution in [2.75, 3.05) is 5.32 Å². The van der Waals surface area contributed by atoms with E-state index < -0.39 is 17.5 Å². The lowest BCUT2D eigenvalue weighted by atomic mass is 10.1. The smallest absolute Gasteiger partial charge is 0.255 e. The number of fused-ring (bicyclic) bond motifs is 1. The van der Waals surface area contributed by atoms with Crippen LogP contribution >= 0.6 is 0 Å². The zero-order valence-corrected chi connectivity index (χ0v) is 14.1. The summed E-state index contributed by atoms with van der Waals surface area (Å²) in [6.45, 7) is 1.80. The van der Waals surface area contributed by atoms with Crippen molar-refractivity contribution in [2.24, 2.45) is 0 Å². The molecule has 0 unspecified atom stereocenters. The second kappa shape index (κ2) is 6.56. The number of nitrogens with zero attached hydrogens (tertiary/aromatic N) is 4. The van der Waals surface area contributed by atoms with Crippen LogP contribution in [0.1, 0.15) is 16.2 Å². The summed E-state index contributed by atoms with van der Waals surface area (Å²) in [5.41, 5.74) is 2.62. The number of benzene rings is 2. The van der Waals surface area contributed by atoms with Gasteiger partial charge in [0, 0.05) is 16.8 Å². The molecule has 0 radical (unpaired) electrons. The number of hydrogen-bond acceptors (Lipinski definition) is 4. The van der Waals surface area contributed by atoms with Crippen LogP contribution in [0, 0.1) is 18.6 Å². The van der Waals surface area contributed by atoms with E-state index in [2.05, 4.69) is 20.6 Å². The van der Waals surface area contributed by atoms with Crippen LogP contribution in [0.4, 0.5) is 14.5 Å². The van der Waals surface area contributed by atoms with Gasteiger partial charge in [-0.1, -0.05) is 12.1 Å². The number of aryl methyl sites for hydroxylation is 1. The molecule has 0 aliphatic carbocycles. The first-order valence-corrected chi connectivity index (χ1v) is 8.07. The maximum absolute atomic E-state index is 13.3. The summed E-state index contributed by atoms with van der Waals surface area (Å²) in [4.78, 5) is 12.3. The van der Waals surface area contributed by atoms with E-state index in [9.17, 15) is 13.6 Å². The third kappa shape index (κ3) is 3.24. The Bertz CT molecular complexity index is 1170. The van der Waals surface area contributed by atoms with Gasteiger partial charge in [-0.2, -0.15) is 9.61 Å². The molecular formula is C19H13F2N5O. The van der Waals surface area contributed by atoms with E-state index in [4.69, 9.17) is 0 Å². The first kappa shape index (κ1) is 16.8. The van der Waals surface area contributed by atoms with Gasteiger partial charge in [-0.25, -0.2) is 8.78 Å². The monoisotopic (exact) mass is 365 g/mol. The van der Waals surface area contributed by atoms with Gasteiger partial charge >= 0.3 is 0 Å². The van der Waals surface area contributed by atoms with Crippen molar-refractivity contribution in [1.29, 1.82) is 0 Å². The van der Waals surface area contributed by atoms with E-state index in [-0.39, 0.29) is 5.56 Å². The minimum atomic E-state index is -1.07. The molecule has 134 valence electrons. The summed E-state index contributed by atoms with van der Waals surface area (Å²) in [5, 5.41) is 15.1. The van der Waals surface area contributed by atoms with E-state index >= 15 is 0 Å². The summed E-state index contributed by atoms with van der Waals surface area (Å²) in [7, 11) is 0. The van der Waals surface area contributed by atoms with Gasteiger partial charge in [0.15, 0.2) is 23.1 Å². The minimum absolute atomic E-state index is 0.0268. The Morgan fingerprint density at radius 2 is 1.85 bits per heavy atom. The average Bonchev–Trinajstić information content (AvgIpc) is 3.04. The number of halogens is 2. The van der Waals surface area contributed by atoms with Crippen molar-refractivity contribution in [1.82, 2.24) is 19.8 Å². The number of amides is 1. The van der Waals surface area contributed by atoms with Gasteiger partial charge in [0.2, 0.25) is 0 Å². The SMILES string of the molecule is Cc1nnc2ccc(-c3cccc(NC(=O)c4ccc(F)c(F)c4)c3)nn12. The van der Waals surface area contributed by atoms with Crippen LogP contribution in [0.15, 0.2) is 54.6 Å². The van der Waals surface area contributed by atoms with Gasteiger partial charge in [-0.3, -0.25) is 4.79 Å². The normalized spacial score (nSPS) is 10.9. The Morgan fingerprint density at radius 1 is 1.00 bits per heavy atom. The Balaban J connectivity index is 1.62. The molecule has 6 nitrogen and oxygen atoms in total. The van der Waals surface area contributed by atoms with Gasteiger partial charge in [0.1, 0.15) is 0 Å². The molecule has 0 saturated heterocycles. The molecule has 27 heavy (non-hydrogen) atoms. The molecule has 1 amide bonds. The standard InChI is InChI=1S/C19H13F2N5O/c1-11-23-24-18-8-7-17(25-26(11)18)12-3-2-4-14(9-12)22-19(27)13-5-6-15(20)16(21)10-13/h2-10H,1H3,(H,22,27). The van der Waals surface area contributed by atoms with E-state index in [1.165, 1.54) is 6.07 Å². The maximum atomic E-state index is 13.3. The van der Waals surface area contributed by atoms with Crippen molar-refractivity contribution in [2.45, 2.75) is 6.92 Å². The summed E-state index contributed by atoms with van der Waals surface area (Å²) < 4.78 is 28.0. The highest BCUT2D eigenvalue weighted by Crippen LogP contribution is 2.22. The van der Waals surface area contributed by atoms with E-state index in [1.807, 2.05) is 6.07 Å². The molecule has 2 aromatic heterocycles. The van der Waals surface area contributed by atoms with Crippen molar-refractivity contribution < 1.29 is 13.6 Å². The summed E-state index contributed by atoms with van der Waals surface area (Å²) >= 11 is 0. The zero-order chi connectivity index (χ0) is 19.0. The molecule has 2 heterocycles. The third-order valence-corrected chi connectivity index (χ3v) is 4.02. The van der Waals surface area contributed by atoms with Crippen LogP contribution in [-0.2, 0) is 0 Å². The fourth-order valence-electron chi connectivity index (χ4n) is 2.65. The predicted octanol–water partition coefficient (Wildman–Crippen LogP) is 3.63. The maximum Gasteiger partial charge on any atom is 0.255 e. The van der Waals surface area contributed by atoms with Crippen LogP contribution in [0.25, 0.3) is 16.9 Å². The minimum Gasteiger partial charge on any atom is -0.322 e. The van der Waals surface area contributed by atoms with E-state index in [1.54, 1.807) is 41.8 Å². The van der Waals surface area contributed by atoms with Crippen LogP contribution in [0.5, 0.6) is 0 Å². The molecule has 4 rings (SSSR count). The molecule has 0 bridgehead atoms. The van der Waals surface area contributed by atoms with E-state index in [0.717, 1.165) is 17.7 Å². The highest BCUT2D eigenvalue weighted by Gasteiger charge is 2.11. The fourth-order valence-corrected chi connectivity index (χ4v) is 2.65. The molecule has 0 spiro atoms. The number of hydrogen-bond donors (Lipinski definition) is 1. The molecule has 0 aliphatic heterocycles. The predicted molar refractivity (Wildman–Crippen MR) is 95.3 cm³/mol. The molecule has 0 fully saturated rings. The van der Waals surface area contributed by atoms with Crippen LogP contribution < -0.4 is 5.32 Å². The lowest BCUT2D eigenvalue weighted by Gasteiger charge is -2.08. The second-order valence-corrected chi connectivity index (χ2v) is 5.90.